The Morgan fingerprint density at radius 1 is 1.15 bits per heavy atom. The second-order valence-electron chi connectivity index (χ2n) is 9.09. The predicted octanol–water partition coefficient (Wildman–Crippen LogP) is 4.05. The van der Waals surface area contributed by atoms with Gasteiger partial charge >= 0.3 is 0 Å². The maximum absolute atomic E-state index is 13.0. The highest BCUT2D eigenvalue weighted by atomic mass is 16.2. The second-order valence-corrected chi connectivity index (χ2v) is 9.09. The van der Waals surface area contributed by atoms with E-state index in [2.05, 4.69) is 19.7 Å². The van der Waals surface area contributed by atoms with Crippen LogP contribution in [-0.4, -0.2) is 38.7 Å². The summed E-state index contributed by atoms with van der Waals surface area (Å²) in [6.45, 7) is 1.78. The number of nitrogens with zero attached hydrogens (tertiary/aromatic N) is 4. The van der Waals surface area contributed by atoms with Gasteiger partial charge in [0.1, 0.15) is 12.2 Å². The molecule has 3 fully saturated rings. The number of hydrogen-bond acceptors (Lipinski definition) is 3. The summed E-state index contributed by atoms with van der Waals surface area (Å²) < 4.78 is 2.07. The molecule has 1 spiro atoms. The van der Waals surface area contributed by atoms with Crippen LogP contribution in [0.2, 0.25) is 0 Å². The zero-order valence-electron chi connectivity index (χ0n) is 16.3. The number of hydrogen-bond donors (Lipinski definition) is 0. The summed E-state index contributed by atoms with van der Waals surface area (Å²) in [6.07, 6.45) is 16.8. The zero-order valence-corrected chi connectivity index (χ0v) is 16.3. The number of rotatable bonds is 4. The molecule has 1 aliphatic heterocycles. The molecule has 144 valence electrons. The Kier molecular flexibility index (Phi) is 5.32. The van der Waals surface area contributed by atoms with E-state index in [1.54, 1.807) is 6.33 Å². The molecular weight excluding hydrogens is 324 g/mol. The third-order valence-corrected chi connectivity index (χ3v) is 7.40. The lowest BCUT2D eigenvalue weighted by molar-refractivity contribution is -0.131. The fraction of sp³-hybridized carbons (Fsp3) is 0.857. The van der Waals surface area contributed by atoms with Gasteiger partial charge in [-0.05, 0) is 30.6 Å². The van der Waals surface area contributed by atoms with E-state index < -0.39 is 0 Å². The lowest BCUT2D eigenvalue weighted by atomic mass is 9.67. The molecule has 0 bridgehead atoms. The van der Waals surface area contributed by atoms with Crippen molar-refractivity contribution in [1.29, 1.82) is 0 Å². The van der Waals surface area contributed by atoms with Gasteiger partial charge in [0.15, 0.2) is 0 Å². The highest BCUT2D eigenvalue weighted by Gasteiger charge is 2.50. The Bertz CT molecular complexity index is 613. The first kappa shape index (κ1) is 18.0. The Balaban J connectivity index is 1.44. The monoisotopic (exact) mass is 358 g/mol. The van der Waals surface area contributed by atoms with Gasteiger partial charge in [0.05, 0.1) is 0 Å². The van der Waals surface area contributed by atoms with Gasteiger partial charge in [0, 0.05) is 32.5 Å². The molecule has 26 heavy (non-hydrogen) atoms. The Hall–Kier alpha value is -1.39. The zero-order chi connectivity index (χ0) is 18.0. The SMILES string of the molecule is Cn1cnnc1C1CN(C(=O)CCC2CCCCC2)CC12CCCCC2. The van der Waals surface area contributed by atoms with Crippen molar-refractivity contribution in [2.24, 2.45) is 18.4 Å². The van der Waals surface area contributed by atoms with Crippen molar-refractivity contribution >= 4 is 5.91 Å². The highest BCUT2D eigenvalue weighted by Crippen LogP contribution is 2.51. The normalized spacial score (nSPS) is 26.5. The Morgan fingerprint density at radius 3 is 2.58 bits per heavy atom. The average molecular weight is 359 g/mol. The Morgan fingerprint density at radius 2 is 1.88 bits per heavy atom. The first-order valence-corrected chi connectivity index (χ1v) is 10.8. The van der Waals surface area contributed by atoms with Crippen LogP contribution >= 0.6 is 0 Å². The van der Waals surface area contributed by atoms with Crippen LogP contribution in [0.5, 0.6) is 0 Å². The molecule has 1 aromatic rings. The summed E-state index contributed by atoms with van der Waals surface area (Å²) >= 11 is 0. The van der Waals surface area contributed by atoms with Crippen LogP contribution in [-0.2, 0) is 11.8 Å². The van der Waals surface area contributed by atoms with E-state index in [0.29, 0.717) is 11.8 Å². The van der Waals surface area contributed by atoms with E-state index >= 15 is 0 Å². The van der Waals surface area contributed by atoms with Crippen molar-refractivity contribution in [2.75, 3.05) is 13.1 Å². The highest BCUT2D eigenvalue weighted by molar-refractivity contribution is 5.76. The summed E-state index contributed by atoms with van der Waals surface area (Å²) in [5, 5.41) is 8.56. The van der Waals surface area contributed by atoms with E-state index in [-0.39, 0.29) is 5.41 Å². The van der Waals surface area contributed by atoms with E-state index in [1.807, 2.05) is 7.05 Å². The molecule has 2 aliphatic carbocycles. The van der Waals surface area contributed by atoms with Crippen LogP contribution in [0.4, 0.5) is 0 Å². The van der Waals surface area contributed by atoms with Gasteiger partial charge in [-0.15, -0.1) is 10.2 Å². The van der Waals surface area contributed by atoms with Gasteiger partial charge in [-0.3, -0.25) is 4.79 Å². The molecule has 1 saturated heterocycles. The molecule has 0 N–H and O–H groups in total. The van der Waals surface area contributed by atoms with Crippen LogP contribution in [0, 0.1) is 11.3 Å². The number of aryl methyl sites for hydroxylation is 1. The van der Waals surface area contributed by atoms with Crippen LogP contribution in [0.15, 0.2) is 6.33 Å². The maximum Gasteiger partial charge on any atom is 0.222 e. The molecule has 2 saturated carbocycles. The minimum Gasteiger partial charge on any atom is -0.341 e. The maximum atomic E-state index is 13.0. The third kappa shape index (κ3) is 3.54. The van der Waals surface area contributed by atoms with Crippen molar-refractivity contribution in [3.05, 3.63) is 12.2 Å². The van der Waals surface area contributed by atoms with Crippen LogP contribution in [0.1, 0.15) is 88.8 Å². The van der Waals surface area contributed by atoms with Crippen molar-refractivity contribution < 1.29 is 4.79 Å². The minimum atomic E-state index is 0.236. The fourth-order valence-electron chi connectivity index (χ4n) is 5.85. The van der Waals surface area contributed by atoms with Crippen molar-refractivity contribution in [2.45, 2.75) is 83.0 Å². The topological polar surface area (TPSA) is 51.0 Å². The summed E-state index contributed by atoms with van der Waals surface area (Å²) in [6, 6.07) is 0. The third-order valence-electron chi connectivity index (χ3n) is 7.40. The molecule has 1 unspecified atom stereocenters. The molecule has 3 aliphatic rings. The largest absolute Gasteiger partial charge is 0.341 e. The molecule has 1 aromatic heterocycles. The molecule has 2 heterocycles. The second kappa shape index (κ2) is 7.69. The summed E-state index contributed by atoms with van der Waals surface area (Å²) in [5.74, 6) is 2.60. The predicted molar refractivity (Wildman–Crippen MR) is 102 cm³/mol. The van der Waals surface area contributed by atoms with Crippen LogP contribution in [0.25, 0.3) is 0 Å². The van der Waals surface area contributed by atoms with Gasteiger partial charge in [-0.1, -0.05) is 51.4 Å². The molecule has 4 rings (SSSR count). The van der Waals surface area contributed by atoms with Gasteiger partial charge in [0.25, 0.3) is 0 Å². The molecular formula is C21H34N4O. The Labute approximate surface area is 157 Å². The number of carbonyl (C=O) groups excluding carboxylic acids is 1. The smallest absolute Gasteiger partial charge is 0.222 e. The van der Waals surface area contributed by atoms with Gasteiger partial charge in [-0.25, -0.2) is 0 Å². The summed E-state index contributed by atoms with van der Waals surface area (Å²) in [5.41, 5.74) is 0.236. The minimum absolute atomic E-state index is 0.236. The molecule has 1 amide bonds. The quantitative estimate of drug-likeness (QED) is 0.816. The summed E-state index contributed by atoms with van der Waals surface area (Å²) in [4.78, 5) is 15.2. The number of aromatic nitrogens is 3. The van der Waals surface area contributed by atoms with Crippen LogP contribution in [0.3, 0.4) is 0 Å². The fourth-order valence-corrected chi connectivity index (χ4v) is 5.85. The molecule has 5 nitrogen and oxygen atoms in total. The van der Waals surface area contributed by atoms with Crippen LogP contribution < -0.4 is 0 Å². The molecule has 0 radical (unpaired) electrons. The molecule has 1 atom stereocenters. The first-order chi connectivity index (χ1) is 12.7. The molecule has 5 heteroatoms. The standard InChI is InChI=1S/C21H34N4O/c1-24-16-22-23-20(24)18-14-25(15-21(18)12-6-3-7-13-21)19(26)11-10-17-8-4-2-5-9-17/h16-18H,2-15H2,1H3. The molecule has 0 aromatic carbocycles. The lowest BCUT2D eigenvalue weighted by Crippen LogP contribution is -2.34. The van der Waals surface area contributed by atoms with Gasteiger partial charge in [-0.2, -0.15) is 0 Å². The van der Waals surface area contributed by atoms with Crippen molar-refractivity contribution in [3.63, 3.8) is 0 Å². The van der Waals surface area contributed by atoms with E-state index in [1.165, 1.54) is 64.2 Å². The van der Waals surface area contributed by atoms with E-state index in [9.17, 15) is 4.79 Å². The average Bonchev–Trinajstić information content (AvgIpc) is 3.25. The number of carbonyl (C=O) groups is 1. The van der Waals surface area contributed by atoms with Crippen molar-refractivity contribution in [1.82, 2.24) is 19.7 Å². The lowest BCUT2D eigenvalue weighted by Gasteiger charge is -2.37. The first-order valence-electron chi connectivity index (χ1n) is 10.8. The number of amides is 1. The van der Waals surface area contributed by atoms with E-state index in [0.717, 1.165) is 37.7 Å². The summed E-state index contributed by atoms with van der Waals surface area (Å²) in [7, 11) is 2.04. The van der Waals surface area contributed by atoms with Gasteiger partial charge in [0.2, 0.25) is 5.91 Å². The van der Waals surface area contributed by atoms with Gasteiger partial charge < -0.3 is 9.47 Å². The number of likely N-dealkylation sites (tertiary alicyclic amines) is 1. The van der Waals surface area contributed by atoms with E-state index in [4.69, 9.17) is 0 Å². The van der Waals surface area contributed by atoms with Crippen molar-refractivity contribution in [3.8, 4) is 0 Å².